The van der Waals surface area contributed by atoms with Crippen molar-refractivity contribution in [3.63, 3.8) is 0 Å². The Labute approximate surface area is 110 Å². The van der Waals surface area contributed by atoms with E-state index in [0.717, 1.165) is 0 Å². The number of hydrogen-bond acceptors (Lipinski definition) is 5. The lowest BCUT2D eigenvalue weighted by Crippen LogP contribution is -2.22. The van der Waals surface area contributed by atoms with Crippen LogP contribution in [0, 0.1) is 11.3 Å². The maximum atomic E-state index is 11.7. The Morgan fingerprint density at radius 3 is 2.79 bits per heavy atom. The summed E-state index contributed by atoms with van der Waals surface area (Å²) in [5.74, 6) is 0.616. The Morgan fingerprint density at radius 1 is 1.21 bits per heavy atom. The average molecular weight is 253 g/mol. The summed E-state index contributed by atoms with van der Waals surface area (Å²) in [6.07, 6.45) is 3.15. The maximum Gasteiger partial charge on any atom is 0.244 e. The van der Waals surface area contributed by atoms with Crippen LogP contribution in [-0.4, -0.2) is 22.4 Å². The molecule has 2 aromatic heterocycles. The van der Waals surface area contributed by atoms with Gasteiger partial charge in [0.2, 0.25) is 5.91 Å². The number of hydrogen-bond donors (Lipinski definition) is 2. The molecule has 6 heteroatoms. The van der Waals surface area contributed by atoms with Gasteiger partial charge in [0.05, 0.1) is 12.1 Å². The highest BCUT2D eigenvalue weighted by Gasteiger charge is 2.06. The second-order valence-electron chi connectivity index (χ2n) is 3.63. The van der Waals surface area contributed by atoms with Crippen LogP contribution in [0.5, 0.6) is 0 Å². The van der Waals surface area contributed by atoms with Crippen LogP contribution in [-0.2, 0) is 4.79 Å². The molecular weight excluding hydrogens is 242 g/mol. The average Bonchev–Trinajstić information content (AvgIpc) is 2.46. The van der Waals surface area contributed by atoms with Gasteiger partial charge in [-0.15, -0.1) is 0 Å². The summed E-state index contributed by atoms with van der Waals surface area (Å²) in [5.41, 5.74) is 0.396. The van der Waals surface area contributed by atoms with Crippen LogP contribution in [0.25, 0.3) is 0 Å². The Balaban J connectivity index is 1.92. The minimum Gasteiger partial charge on any atom is -0.360 e. The van der Waals surface area contributed by atoms with Crippen molar-refractivity contribution in [1.29, 1.82) is 5.26 Å². The molecule has 0 saturated heterocycles. The number of nitrogens with zero attached hydrogens (tertiary/aromatic N) is 3. The second-order valence-corrected chi connectivity index (χ2v) is 3.63. The summed E-state index contributed by atoms with van der Waals surface area (Å²) in [5, 5.41) is 14.3. The lowest BCUT2D eigenvalue weighted by atomic mass is 10.3. The molecule has 0 aliphatic rings. The molecule has 0 fully saturated rings. The quantitative estimate of drug-likeness (QED) is 0.859. The minimum atomic E-state index is -0.256. The van der Waals surface area contributed by atoms with E-state index in [-0.39, 0.29) is 12.5 Å². The van der Waals surface area contributed by atoms with Crippen LogP contribution in [0.2, 0.25) is 0 Å². The SMILES string of the molecule is N#Cc1cccnc1NCC(=O)Nc1ccccn1. The Bertz CT molecular complexity index is 606. The number of aromatic nitrogens is 2. The van der Waals surface area contributed by atoms with Crippen molar-refractivity contribution in [1.82, 2.24) is 9.97 Å². The van der Waals surface area contributed by atoms with Crippen LogP contribution in [0.4, 0.5) is 11.6 Å². The van der Waals surface area contributed by atoms with E-state index in [0.29, 0.717) is 17.2 Å². The molecule has 0 aliphatic carbocycles. The first kappa shape index (κ1) is 12.5. The molecular formula is C13H11N5O. The number of amides is 1. The van der Waals surface area contributed by atoms with Gasteiger partial charge in [-0.1, -0.05) is 6.07 Å². The van der Waals surface area contributed by atoms with E-state index < -0.39 is 0 Å². The monoisotopic (exact) mass is 253 g/mol. The smallest absolute Gasteiger partial charge is 0.244 e. The largest absolute Gasteiger partial charge is 0.360 e. The van der Waals surface area contributed by atoms with Crippen molar-refractivity contribution in [2.45, 2.75) is 0 Å². The first-order valence-corrected chi connectivity index (χ1v) is 5.59. The van der Waals surface area contributed by atoms with E-state index in [1.807, 2.05) is 6.07 Å². The van der Waals surface area contributed by atoms with Gasteiger partial charge in [0.1, 0.15) is 17.7 Å². The number of nitriles is 1. The van der Waals surface area contributed by atoms with Crippen LogP contribution in [0.15, 0.2) is 42.7 Å². The van der Waals surface area contributed by atoms with Gasteiger partial charge in [-0.3, -0.25) is 4.79 Å². The van der Waals surface area contributed by atoms with Gasteiger partial charge in [-0.2, -0.15) is 5.26 Å². The molecule has 0 aliphatic heterocycles. The zero-order valence-corrected chi connectivity index (χ0v) is 10.00. The first-order chi connectivity index (χ1) is 9.29. The van der Waals surface area contributed by atoms with Crippen LogP contribution < -0.4 is 10.6 Å². The lowest BCUT2D eigenvalue weighted by molar-refractivity contribution is -0.114. The highest BCUT2D eigenvalue weighted by Crippen LogP contribution is 2.09. The van der Waals surface area contributed by atoms with Gasteiger partial charge < -0.3 is 10.6 Å². The summed E-state index contributed by atoms with van der Waals surface area (Å²) in [7, 11) is 0. The molecule has 19 heavy (non-hydrogen) atoms. The van der Waals surface area contributed by atoms with E-state index in [1.165, 1.54) is 0 Å². The maximum absolute atomic E-state index is 11.7. The number of pyridine rings is 2. The van der Waals surface area contributed by atoms with Crippen molar-refractivity contribution >= 4 is 17.5 Å². The molecule has 0 aromatic carbocycles. The third-order valence-corrected chi connectivity index (χ3v) is 2.28. The fraction of sp³-hybridized carbons (Fsp3) is 0.0769. The topological polar surface area (TPSA) is 90.7 Å². The van der Waals surface area contributed by atoms with Gasteiger partial charge in [0.15, 0.2) is 0 Å². The van der Waals surface area contributed by atoms with E-state index in [2.05, 4.69) is 20.6 Å². The number of rotatable bonds is 4. The van der Waals surface area contributed by atoms with Crippen molar-refractivity contribution in [3.05, 3.63) is 48.3 Å². The normalized spacial score (nSPS) is 9.42. The molecule has 0 spiro atoms. The first-order valence-electron chi connectivity index (χ1n) is 5.59. The molecule has 0 unspecified atom stereocenters. The zero-order valence-electron chi connectivity index (χ0n) is 10.00. The third kappa shape index (κ3) is 3.51. The van der Waals surface area contributed by atoms with Crippen molar-refractivity contribution in [2.24, 2.45) is 0 Å². The molecule has 0 radical (unpaired) electrons. The number of nitrogens with one attached hydrogen (secondary N) is 2. The summed E-state index contributed by atoms with van der Waals surface area (Å²) < 4.78 is 0. The van der Waals surface area contributed by atoms with Crippen molar-refractivity contribution in [3.8, 4) is 6.07 Å². The minimum absolute atomic E-state index is 0.0161. The molecule has 1 amide bonds. The summed E-state index contributed by atoms with van der Waals surface area (Å²) in [6.45, 7) is 0.0161. The van der Waals surface area contributed by atoms with Crippen LogP contribution >= 0.6 is 0 Å². The molecule has 0 atom stereocenters. The van der Waals surface area contributed by atoms with E-state index in [4.69, 9.17) is 5.26 Å². The Hall–Kier alpha value is -2.94. The van der Waals surface area contributed by atoms with E-state index >= 15 is 0 Å². The number of anilines is 2. The molecule has 2 aromatic rings. The molecule has 6 nitrogen and oxygen atoms in total. The van der Waals surface area contributed by atoms with E-state index in [1.54, 1.807) is 42.7 Å². The van der Waals surface area contributed by atoms with Crippen LogP contribution in [0.1, 0.15) is 5.56 Å². The summed E-state index contributed by atoms with van der Waals surface area (Å²) >= 11 is 0. The Kier molecular flexibility index (Phi) is 4.03. The van der Waals surface area contributed by atoms with Gasteiger partial charge in [0, 0.05) is 12.4 Å². The standard InChI is InChI=1S/C13H11N5O/c14-8-10-4-3-7-16-13(10)17-9-12(19)18-11-5-1-2-6-15-11/h1-7H,9H2,(H,16,17)(H,15,18,19). The second kappa shape index (κ2) is 6.12. The summed E-state index contributed by atoms with van der Waals surface area (Å²) in [6, 6.07) is 10.5. The lowest BCUT2D eigenvalue weighted by Gasteiger charge is -2.07. The Morgan fingerprint density at radius 2 is 2.05 bits per heavy atom. The molecule has 2 N–H and O–H groups in total. The van der Waals surface area contributed by atoms with Crippen molar-refractivity contribution in [2.75, 3.05) is 17.2 Å². The van der Waals surface area contributed by atoms with E-state index in [9.17, 15) is 4.79 Å². The molecule has 0 saturated carbocycles. The fourth-order valence-corrected chi connectivity index (χ4v) is 1.42. The predicted octanol–water partition coefficient (Wildman–Crippen LogP) is 1.40. The molecule has 2 heterocycles. The number of carbonyl (C=O) groups is 1. The number of carbonyl (C=O) groups excluding carboxylic acids is 1. The zero-order chi connectivity index (χ0) is 13.5. The molecule has 0 bridgehead atoms. The molecule has 94 valence electrons. The predicted molar refractivity (Wildman–Crippen MR) is 70.3 cm³/mol. The fourth-order valence-electron chi connectivity index (χ4n) is 1.42. The van der Waals surface area contributed by atoms with Crippen molar-refractivity contribution < 1.29 is 4.79 Å². The van der Waals surface area contributed by atoms with Gasteiger partial charge >= 0.3 is 0 Å². The highest BCUT2D eigenvalue weighted by atomic mass is 16.1. The van der Waals surface area contributed by atoms with Gasteiger partial charge in [0.25, 0.3) is 0 Å². The van der Waals surface area contributed by atoms with Crippen LogP contribution in [0.3, 0.4) is 0 Å². The third-order valence-electron chi connectivity index (χ3n) is 2.28. The highest BCUT2D eigenvalue weighted by molar-refractivity contribution is 5.92. The van der Waals surface area contributed by atoms with Gasteiger partial charge in [-0.25, -0.2) is 9.97 Å². The van der Waals surface area contributed by atoms with Gasteiger partial charge in [-0.05, 0) is 24.3 Å². The summed E-state index contributed by atoms with van der Waals surface area (Å²) in [4.78, 5) is 19.6. The molecule has 2 rings (SSSR count).